The van der Waals surface area contributed by atoms with Gasteiger partial charge in [0, 0.05) is 64.2 Å². The summed E-state index contributed by atoms with van der Waals surface area (Å²) >= 11 is 0. The molecule has 1 amide bonds. The maximum atomic E-state index is 11.5. The van der Waals surface area contributed by atoms with Crippen molar-refractivity contribution in [3.63, 3.8) is 0 Å². The molecule has 24 heavy (non-hydrogen) atoms. The van der Waals surface area contributed by atoms with Crippen molar-refractivity contribution in [1.29, 1.82) is 0 Å². The molecule has 3 heterocycles. The van der Waals surface area contributed by atoms with Crippen LogP contribution in [0.2, 0.25) is 0 Å². The number of hydrogen-bond acceptors (Lipinski definition) is 5. The number of carbonyl (C=O) groups excluding carboxylic acids is 1. The van der Waals surface area contributed by atoms with Crippen LogP contribution in [0.25, 0.3) is 0 Å². The van der Waals surface area contributed by atoms with Crippen molar-refractivity contribution in [2.75, 3.05) is 32.8 Å². The molecule has 132 valence electrons. The highest BCUT2D eigenvalue weighted by atomic mass is 16.5. The molecule has 1 atom stereocenters. The van der Waals surface area contributed by atoms with Gasteiger partial charge in [0.15, 0.2) is 5.82 Å². The standard InChI is InChI=1S/C18H28N4O2/c1-15(23)22-8-5-7-21(9-10-22)14-16-12-19-17(20-13-16)18(2)6-3-4-11-24-18/h12-13H,3-11,14H2,1-2H3/t18-/m1/s1. The Morgan fingerprint density at radius 3 is 2.62 bits per heavy atom. The first-order valence-corrected chi connectivity index (χ1v) is 9.00. The fraction of sp³-hybridized carbons (Fsp3) is 0.722. The molecule has 2 fully saturated rings. The largest absolute Gasteiger partial charge is 0.367 e. The van der Waals surface area contributed by atoms with Crippen molar-refractivity contribution < 1.29 is 9.53 Å². The molecule has 1 aromatic heterocycles. The summed E-state index contributed by atoms with van der Waals surface area (Å²) in [5.41, 5.74) is 0.788. The lowest BCUT2D eigenvalue weighted by Crippen LogP contribution is -2.34. The predicted octanol–water partition coefficient (Wildman–Crippen LogP) is 1.95. The smallest absolute Gasteiger partial charge is 0.219 e. The number of carbonyl (C=O) groups is 1. The quantitative estimate of drug-likeness (QED) is 0.847. The summed E-state index contributed by atoms with van der Waals surface area (Å²) in [7, 11) is 0. The molecule has 1 aromatic rings. The normalized spacial score (nSPS) is 26.2. The van der Waals surface area contributed by atoms with Gasteiger partial charge in [-0.2, -0.15) is 0 Å². The van der Waals surface area contributed by atoms with Gasteiger partial charge in [0.1, 0.15) is 5.60 Å². The van der Waals surface area contributed by atoms with E-state index in [1.165, 1.54) is 6.42 Å². The van der Waals surface area contributed by atoms with Crippen LogP contribution in [-0.4, -0.2) is 58.5 Å². The summed E-state index contributed by atoms with van der Waals surface area (Å²) < 4.78 is 5.92. The van der Waals surface area contributed by atoms with Crippen LogP contribution in [0.5, 0.6) is 0 Å². The Morgan fingerprint density at radius 1 is 1.17 bits per heavy atom. The van der Waals surface area contributed by atoms with Crippen LogP contribution >= 0.6 is 0 Å². The molecular weight excluding hydrogens is 304 g/mol. The van der Waals surface area contributed by atoms with E-state index in [1.54, 1.807) is 6.92 Å². The average Bonchev–Trinajstić information content (AvgIpc) is 2.82. The SMILES string of the molecule is CC(=O)N1CCCN(Cc2cnc([C@@]3(C)CCCCO3)nc2)CC1. The van der Waals surface area contributed by atoms with E-state index in [0.717, 1.165) is 70.0 Å². The molecular formula is C18H28N4O2. The molecule has 6 heteroatoms. The first-order valence-electron chi connectivity index (χ1n) is 9.00. The Balaban J connectivity index is 1.59. The number of ether oxygens (including phenoxy) is 1. The van der Waals surface area contributed by atoms with E-state index in [4.69, 9.17) is 4.74 Å². The molecule has 0 aliphatic carbocycles. The Bertz CT molecular complexity index is 555. The molecule has 0 N–H and O–H groups in total. The van der Waals surface area contributed by atoms with E-state index in [2.05, 4.69) is 21.8 Å². The lowest BCUT2D eigenvalue weighted by molar-refractivity contribution is -0.128. The van der Waals surface area contributed by atoms with E-state index in [1.807, 2.05) is 17.3 Å². The number of nitrogens with zero attached hydrogens (tertiary/aromatic N) is 4. The third-order valence-corrected chi connectivity index (χ3v) is 5.09. The van der Waals surface area contributed by atoms with E-state index >= 15 is 0 Å². The zero-order chi connectivity index (χ0) is 17.0. The Morgan fingerprint density at radius 2 is 1.96 bits per heavy atom. The summed E-state index contributed by atoms with van der Waals surface area (Å²) in [6.07, 6.45) is 8.16. The van der Waals surface area contributed by atoms with Gasteiger partial charge in [-0.25, -0.2) is 9.97 Å². The van der Waals surface area contributed by atoms with E-state index in [0.29, 0.717) is 0 Å². The molecule has 0 radical (unpaired) electrons. The average molecular weight is 332 g/mol. The molecule has 2 saturated heterocycles. The summed E-state index contributed by atoms with van der Waals surface area (Å²) in [5, 5.41) is 0. The first-order chi connectivity index (χ1) is 11.6. The van der Waals surface area contributed by atoms with Crippen molar-refractivity contribution in [3.8, 4) is 0 Å². The van der Waals surface area contributed by atoms with Crippen LogP contribution < -0.4 is 0 Å². The van der Waals surface area contributed by atoms with Crippen LogP contribution in [0.3, 0.4) is 0 Å². The maximum Gasteiger partial charge on any atom is 0.219 e. The van der Waals surface area contributed by atoms with E-state index < -0.39 is 0 Å². The van der Waals surface area contributed by atoms with Gasteiger partial charge in [-0.15, -0.1) is 0 Å². The zero-order valence-corrected chi connectivity index (χ0v) is 14.8. The lowest BCUT2D eigenvalue weighted by atomic mass is 9.95. The molecule has 0 aromatic carbocycles. The van der Waals surface area contributed by atoms with Crippen LogP contribution in [0.1, 0.15) is 50.9 Å². The van der Waals surface area contributed by atoms with Crippen molar-refractivity contribution in [3.05, 3.63) is 23.8 Å². The van der Waals surface area contributed by atoms with Gasteiger partial charge in [-0.05, 0) is 32.6 Å². The second kappa shape index (κ2) is 7.57. The fourth-order valence-electron chi connectivity index (χ4n) is 3.52. The number of rotatable bonds is 3. The molecule has 2 aliphatic rings. The Hall–Kier alpha value is -1.53. The summed E-state index contributed by atoms with van der Waals surface area (Å²) in [6, 6.07) is 0. The van der Waals surface area contributed by atoms with Gasteiger partial charge in [0.05, 0.1) is 0 Å². The van der Waals surface area contributed by atoms with Crippen LogP contribution in [0.4, 0.5) is 0 Å². The summed E-state index contributed by atoms with van der Waals surface area (Å²) in [4.78, 5) is 25.0. The molecule has 6 nitrogen and oxygen atoms in total. The van der Waals surface area contributed by atoms with Crippen molar-refractivity contribution in [1.82, 2.24) is 19.8 Å². The predicted molar refractivity (Wildman–Crippen MR) is 91.3 cm³/mol. The van der Waals surface area contributed by atoms with Gasteiger partial charge in [-0.1, -0.05) is 0 Å². The molecule has 0 saturated carbocycles. The summed E-state index contributed by atoms with van der Waals surface area (Å²) in [6.45, 7) is 8.94. The molecule has 2 aliphatic heterocycles. The maximum absolute atomic E-state index is 11.5. The highest BCUT2D eigenvalue weighted by Crippen LogP contribution is 2.32. The highest BCUT2D eigenvalue weighted by Gasteiger charge is 2.32. The van der Waals surface area contributed by atoms with Gasteiger partial charge in [0.25, 0.3) is 0 Å². The van der Waals surface area contributed by atoms with Gasteiger partial charge in [-0.3, -0.25) is 9.69 Å². The molecule has 0 bridgehead atoms. The number of amides is 1. The number of hydrogen-bond donors (Lipinski definition) is 0. The monoisotopic (exact) mass is 332 g/mol. The highest BCUT2D eigenvalue weighted by molar-refractivity contribution is 5.73. The van der Waals surface area contributed by atoms with Crippen LogP contribution in [-0.2, 0) is 21.7 Å². The van der Waals surface area contributed by atoms with Crippen LogP contribution in [0, 0.1) is 0 Å². The van der Waals surface area contributed by atoms with Gasteiger partial charge >= 0.3 is 0 Å². The van der Waals surface area contributed by atoms with E-state index in [9.17, 15) is 4.79 Å². The Kier molecular flexibility index (Phi) is 5.46. The van der Waals surface area contributed by atoms with Crippen molar-refractivity contribution in [2.45, 2.75) is 51.7 Å². The third-order valence-electron chi connectivity index (χ3n) is 5.09. The zero-order valence-electron chi connectivity index (χ0n) is 14.8. The minimum atomic E-state index is -0.332. The van der Waals surface area contributed by atoms with Gasteiger partial charge in [0.2, 0.25) is 5.91 Å². The topological polar surface area (TPSA) is 58.6 Å². The molecule has 0 spiro atoms. The first kappa shape index (κ1) is 17.3. The van der Waals surface area contributed by atoms with Crippen LogP contribution in [0.15, 0.2) is 12.4 Å². The third kappa shape index (κ3) is 4.11. The fourth-order valence-corrected chi connectivity index (χ4v) is 3.52. The minimum Gasteiger partial charge on any atom is -0.367 e. The lowest BCUT2D eigenvalue weighted by Gasteiger charge is -2.32. The van der Waals surface area contributed by atoms with Gasteiger partial charge < -0.3 is 9.64 Å². The van der Waals surface area contributed by atoms with Crippen molar-refractivity contribution >= 4 is 5.91 Å². The Labute approximate surface area is 144 Å². The summed E-state index contributed by atoms with van der Waals surface area (Å²) in [5.74, 6) is 0.967. The second-order valence-corrected chi connectivity index (χ2v) is 7.09. The molecule has 3 rings (SSSR count). The molecule has 0 unspecified atom stereocenters. The minimum absolute atomic E-state index is 0.172. The second-order valence-electron chi connectivity index (χ2n) is 7.09. The number of aromatic nitrogens is 2. The van der Waals surface area contributed by atoms with E-state index in [-0.39, 0.29) is 11.5 Å². The van der Waals surface area contributed by atoms with Crippen molar-refractivity contribution in [2.24, 2.45) is 0 Å².